The molecule has 1 amide bonds. The lowest BCUT2D eigenvalue weighted by Crippen LogP contribution is -2.26. The summed E-state index contributed by atoms with van der Waals surface area (Å²) in [5, 5.41) is 2.74. The van der Waals surface area contributed by atoms with Crippen LogP contribution in [-0.4, -0.2) is 18.4 Å². The molecule has 2 rings (SSSR count). The van der Waals surface area contributed by atoms with Gasteiger partial charge in [0.1, 0.15) is 6.61 Å². The highest BCUT2D eigenvalue weighted by molar-refractivity contribution is 5.94. The maximum atomic E-state index is 12.0. The molecule has 4 heteroatoms. The van der Waals surface area contributed by atoms with Crippen LogP contribution < -0.4 is 5.32 Å². The zero-order valence-corrected chi connectivity index (χ0v) is 14.1. The maximum Gasteiger partial charge on any atom is 0.307 e. The molecule has 0 aromatic heterocycles. The Morgan fingerprint density at radius 2 is 1.67 bits per heavy atom. The van der Waals surface area contributed by atoms with Crippen LogP contribution in [0.2, 0.25) is 0 Å². The molecule has 24 heavy (non-hydrogen) atoms. The molecule has 0 bridgehead atoms. The number of nitrogens with one attached hydrogen (secondary N) is 1. The van der Waals surface area contributed by atoms with Crippen molar-refractivity contribution in [3.8, 4) is 0 Å². The molecule has 0 fully saturated rings. The summed E-state index contributed by atoms with van der Waals surface area (Å²) in [5.41, 5.74) is 2.73. The van der Waals surface area contributed by atoms with Crippen molar-refractivity contribution in [1.29, 1.82) is 0 Å². The molecular weight excluding hydrogens is 302 g/mol. The van der Waals surface area contributed by atoms with Crippen molar-refractivity contribution in [2.75, 3.05) is 6.54 Å². The first-order chi connectivity index (χ1) is 11.6. The highest BCUT2D eigenvalue weighted by Crippen LogP contribution is 2.14. The first kappa shape index (κ1) is 17.7. The Bertz CT molecular complexity index is 663. The number of hydrogen-bond donors (Lipinski definition) is 1. The second-order valence-electron chi connectivity index (χ2n) is 5.93. The van der Waals surface area contributed by atoms with Crippen molar-refractivity contribution in [3.63, 3.8) is 0 Å². The van der Waals surface area contributed by atoms with Gasteiger partial charge >= 0.3 is 5.97 Å². The van der Waals surface area contributed by atoms with Crippen LogP contribution >= 0.6 is 0 Å². The molecule has 2 aromatic carbocycles. The SMILES string of the molecule is CC(C)c1ccc(C(=O)NCCC(=O)OCc2ccccc2)cc1. The fourth-order valence-electron chi connectivity index (χ4n) is 2.21. The third kappa shape index (κ3) is 5.54. The fourth-order valence-corrected chi connectivity index (χ4v) is 2.21. The van der Waals surface area contributed by atoms with Gasteiger partial charge in [-0.2, -0.15) is 0 Å². The summed E-state index contributed by atoms with van der Waals surface area (Å²) in [6.45, 7) is 4.73. The Kier molecular flexibility index (Phi) is 6.55. The zero-order chi connectivity index (χ0) is 17.4. The Morgan fingerprint density at radius 1 is 1.00 bits per heavy atom. The number of esters is 1. The quantitative estimate of drug-likeness (QED) is 0.790. The molecule has 2 aromatic rings. The lowest BCUT2D eigenvalue weighted by atomic mass is 10.0. The van der Waals surface area contributed by atoms with Gasteiger partial charge in [0.15, 0.2) is 0 Å². The normalized spacial score (nSPS) is 10.5. The monoisotopic (exact) mass is 325 g/mol. The third-order valence-electron chi connectivity index (χ3n) is 3.70. The van der Waals surface area contributed by atoms with Crippen LogP contribution in [0.25, 0.3) is 0 Å². The number of amides is 1. The van der Waals surface area contributed by atoms with Crippen LogP contribution in [-0.2, 0) is 16.1 Å². The molecule has 4 nitrogen and oxygen atoms in total. The number of rotatable bonds is 7. The highest BCUT2D eigenvalue weighted by atomic mass is 16.5. The van der Waals surface area contributed by atoms with Crippen molar-refractivity contribution in [1.82, 2.24) is 5.32 Å². The zero-order valence-electron chi connectivity index (χ0n) is 14.1. The minimum absolute atomic E-state index is 0.155. The molecule has 0 saturated carbocycles. The second-order valence-corrected chi connectivity index (χ2v) is 5.93. The molecule has 0 aliphatic heterocycles. The van der Waals surface area contributed by atoms with Gasteiger partial charge < -0.3 is 10.1 Å². The lowest BCUT2D eigenvalue weighted by molar-refractivity contribution is -0.144. The number of ether oxygens (including phenoxy) is 1. The first-order valence-corrected chi connectivity index (χ1v) is 8.14. The van der Waals surface area contributed by atoms with E-state index in [4.69, 9.17) is 4.74 Å². The van der Waals surface area contributed by atoms with E-state index < -0.39 is 0 Å². The molecule has 126 valence electrons. The predicted molar refractivity (Wildman–Crippen MR) is 93.7 cm³/mol. The van der Waals surface area contributed by atoms with Crippen LogP contribution in [0.5, 0.6) is 0 Å². The molecule has 0 saturated heterocycles. The first-order valence-electron chi connectivity index (χ1n) is 8.14. The highest BCUT2D eigenvalue weighted by Gasteiger charge is 2.08. The fraction of sp³-hybridized carbons (Fsp3) is 0.300. The van der Waals surface area contributed by atoms with E-state index in [-0.39, 0.29) is 31.4 Å². The summed E-state index contributed by atoms with van der Waals surface area (Å²) in [5.74, 6) is -0.0722. The third-order valence-corrected chi connectivity index (χ3v) is 3.70. The van der Waals surface area contributed by atoms with E-state index in [2.05, 4.69) is 19.2 Å². The van der Waals surface area contributed by atoms with Gasteiger partial charge in [0.05, 0.1) is 6.42 Å². The lowest BCUT2D eigenvalue weighted by Gasteiger charge is -2.08. The summed E-state index contributed by atoms with van der Waals surface area (Å²) in [6.07, 6.45) is 0.155. The van der Waals surface area contributed by atoms with E-state index in [0.717, 1.165) is 5.56 Å². The topological polar surface area (TPSA) is 55.4 Å². The predicted octanol–water partition coefficient (Wildman–Crippen LogP) is 3.67. The van der Waals surface area contributed by atoms with E-state index in [1.54, 1.807) is 12.1 Å². The molecule has 0 spiro atoms. The van der Waals surface area contributed by atoms with Gasteiger partial charge in [-0.15, -0.1) is 0 Å². The van der Waals surface area contributed by atoms with Crippen molar-refractivity contribution in [3.05, 3.63) is 71.3 Å². The standard InChI is InChI=1S/C20H23NO3/c1-15(2)17-8-10-18(11-9-17)20(23)21-13-12-19(22)24-14-16-6-4-3-5-7-16/h3-11,15H,12-14H2,1-2H3,(H,21,23). The minimum Gasteiger partial charge on any atom is -0.461 e. The Morgan fingerprint density at radius 3 is 2.29 bits per heavy atom. The Balaban J connectivity index is 1.71. The van der Waals surface area contributed by atoms with Crippen LogP contribution in [0.3, 0.4) is 0 Å². The average molecular weight is 325 g/mol. The van der Waals surface area contributed by atoms with Crippen molar-refractivity contribution in [2.45, 2.75) is 32.8 Å². The van der Waals surface area contributed by atoms with Gasteiger partial charge in [-0.25, -0.2) is 0 Å². The molecule has 0 atom stereocenters. The van der Waals surface area contributed by atoms with Gasteiger partial charge in [0, 0.05) is 12.1 Å². The number of carbonyl (C=O) groups is 2. The van der Waals surface area contributed by atoms with Gasteiger partial charge in [-0.1, -0.05) is 56.3 Å². The van der Waals surface area contributed by atoms with Gasteiger partial charge in [-0.3, -0.25) is 9.59 Å². The van der Waals surface area contributed by atoms with Crippen LogP contribution in [0.1, 0.15) is 47.7 Å². The van der Waals surface area contributed by atoms with Gasteiger partial charge in [0.2, 0.25) is 0 Å². The van der Waals surface area contributed by atoms with E-state index in [1.165, 1.54) is 5.56 Å². The molecule has 0 aliphatic carbocycles. The van der Waals surface area contributed by atoms with Crippen LogP contribution in [0.15, 0.2) is 54.6 Å². The largest absolute Gasteiger partial charge is 0.461 e. The maximum absolute atomic E-state index is 12.0. The van der Waals surface area contributed by atoms with Crippen LogP contribution in [0, 0.1) is 0 Å². The van der Waals surface area contributed by atoms with E-state index in [1.807, 2.05) is 42.5 Å². The van der Waals surface area contributed by atoms with Crippen molar-refractivity contribution in [2.24, 2.45) is 0 Å². The molecule has 1 N–H and O–H groups in total. The molecule has 0 unspecified atom stereocenters. The number of carbonyl (C=O) groups excluding carboxylic acids is 2. The summed E-state index contributed by atoms with van der Waals surface area (Å²) < 4.78 is 5.17. The van der Waals surface area contributed by atoms with Crippen molar-refractivity contribution < 1.29 is 14.3 Å². The summed E-state index contributed by atoms with van der Waals surface area (Å²) in [7, 11) is 0. The average Bonchev–Trinajstić information content (AvgIpc) is 2.61. The Hall–Kier alpha value is -2.62. The molecule has 0 heterocycles. The summed E-state index contributed by atoms with van der Waals surface area (Å²) in [6, 6.07) is 17.0. The number of hydrogen-bond acceptors (Lipinski definition) is 3. The summed E-state index contributed by atoms with van der Waals surface area (Å²) in [4.78, 5) is 23.7. The van der Waals surface area contributed by atoms with Crippen LogP contribution in [0.4, 0.5) is 0 Å². The second kappa shape index (κ2) is 8.87. The molecule has 0 aliphatic rings. The molecular formula is C20H23NO3. The smallest absolute Gasteiger partial charge is 0.307 e. The van der Waals surface area contributed by atoms with Gasteiger partial charge in [-0.05, 0) is 29.2 Å². The van der Waals surface area contributed by atoms with E-state index >= 15 is 0 Å². The minimum atomic E-state index is -0.325. The van der Waals surface area contributed by atoms with E-state index in [0.29, 0.717) is 11.5 Å². The van der Waals surface area contributed by atoms with Gasteiger partial charge in [0.25, 0.3) is 5.91 Å². The van der Waals surface area contributed by atoms with Crippen molar-refractivity contribution >= 4 is 11.9 Å². The Labute approximate surface area is 142 Å². The van der Waals surface area contributed by atoms with E-state index in [9.17, 15) is 9.59 Å². The summed E-state index contributed by atoms with van der Waals surface area (Å²) >= 11 is 0. The number of benzene rings is 2. The molecule has 0 radical (unpaired) electrons.